The molecule has 0 spiro atoms. The second-order valence-electron chi connectivity index (χ2n) is 3.17. The maximum absolute atomic E-state index is 11.8. The molecule has 1 rings (SSSR count). The van der Waals surface area contributed by atoms with Gasteiger partial charge in [-0.1, -0.05) is 6.07 Å². The number of amides is 1. The average molecular weight is 224 g/mol. The van der Waals surface area contributed by atoms with Crippen LogP contribution in [0.5, 0.6) is 0 Å². The van der Waals surface area contributed by atoms with Crippen molar-refractivity contribution < 1.29 is 4.79 Å². The molecule has 4 heteroatoms. The van der Waals surface area contributed by atoms with E-state index >= 15 is 0 Å². The Bertz CT molecular complexity index is 341. The first-order chi connectivity index (χ1) is 7.19. The number of nitrogens with zero attached hydrogens (tertiary/aromatic N) is 1. The highest BCUT2D eigenvalue weighted by molar-refractivity contribution is 7.99. The van der Waals surface area contributed by atoms with Crippen molar-refractivity contribution in [2.45, 2.75) is 6.92 Å². The van der Waals surface area contributed by atoms with E-state index in [0.29, 0.717) is 18.0 Å². The fourth-order valence-electron chi connectivity index (χ4n) is 1.40. The number of nitrogens with two attached hydrogens (primary N) is 1. The first-order valence-electron chi connectivity index (χ1n) is 4.84. The molecule has 0 heterocycles. The van der Waals surface area contributed by atoms with Gasteiger partial charge in [0.15, 0.2) is 0 Å². The van der Waals surface area contributed by atoms with Gasteiger partial charge in [-0.2, -0.15) is 11.8 Å². The highest BCUT2D eigenvalue weighted by Crippen LogP contribution is 2.18. The van der Waals surface area contributed by atoms with Gasteiger partial charge in [-0.3, -0.25) is 4.79 Å². The van der Waals surface area contributed by atoms with Crippen LogP contribution in [0.25, 0.3) is 0 Å². The van der Waals surface area contributed by atoms with Crippen LogP contribution in [0.2, 0.25) is 0 Å². The van der Waals surface area contributed by atoms with E-state index < -0.39 is 0 Å². The fraction of sp³-hybridized carbons (Fsp3) is 0.364. The number of hydrogen-bond acceptors (Lipinski definition) is 3. The summed E-state index contributed by atoms with van der Waals surface area (Å²) in [5.74, 6) is 0.624. The minimum absolute atomic E-state index is 0.121. The molecule has 0 aromatic heterocycles. The summed E-state index contributed by atoms with van der Waals surface area (Å²) in [5.41, 5.74) is 7.24. The fourth-order valence-corrected chi connectivity index (χ4v) is 1.80. The Kier molecular flexibility index (Phi) is 4.49. The molecule has 1 aromatic carbocycles. The molecule has 0 saturated heterocycles. The average Bonchev–Trinajstić information content (AvgIpc) is 2.19. The van der Waals surface area contributed by atoms with Crippen LogP contribution >= 0.6 is 11.8 Å². The summed E-state index contributed by atoms with van der Waals surface area (Å²) in [5, 5.41) is 0. The molecule has 82 valence electrons. The molecule has 2 N–H and O–H groups in total. The third-order valence-electron chi connectivity index (χ3n) is 2.07. The Balaban J connectivity index is 2.87. The molecule has 0 unspecified atom stereocenters. The number of nitrogen functional groups attached to an aromatic ring is 1. The van der Waals surface area contributed by atoms with Gasteiger partial charge in [0.25, 0.3) is 0 Å². The van der Waals surface area contributed by atoms with Crippen LogP contribution in [0, 0.1) is 0 Å². The normalized spacial score (nSPS) is 10.0. The molecular weight excluding hydrogens is 208 g/mol. The third-order valence-corrected chi connectivity index (χ3v) is 2.60. The lowest BCUT2D eigenvalue weighted by atomic mass is 10.2. The van der Waals surface area contributed by atoms with Crippen LogP contribution in [0.1, 0.15) is 6.92 Å². The number of thioether (sulfide) groups is 1. The van der Waals surface area contributed by atoms with Crippen LogP contribution in [-0.4, -0.2) is 24.5 Å². The van der Waals surface area contributed by atoms with E-state index in [0.717, 1.165) is 5.69 Å². The number of anilines is 2. The van der Waals surface area contributed by atoms with E-state index in [4.69, 9.17) is 5.73 Å². The lowest BCUT2D eigenvalue weighted by Gasteiger charge is -2.20. The van der Waals surface area contributed by atoms with Crippen molar-refractivity contribution in [3.63, 3.8) is 0 Å². The van der Waals surface area contributed by atoms with Gasteiger partial charge in [-0.25, -0.2) is 0 Å². The molecular formula is C11H16N2OS. The van der Waals surface area contributed by atoms with Gasteiger partial charge >= 0.3 is 0 Å². The van der Waals surface area contributed by atoms with E-state index in [2.05, 4.69) is 0 Å². The Hall–Kier alpha value is -1.16. The van der Waals surface area contributed by atoms with Gasteiger partial charge in [0.2, 0.25) is 5.91 Å². The summed E-state index contributed by atoms with van der Waals surface area (Å²) in [4.78, 5) is 13.5. The number of hydrogen-bond donors (Lipinski definition) is 1. The Morgan fingerprint density at radius 2 is 2.27 bits per heavy atom. The minimum Gasteiger partial charge on any atom is -0.399 e. The molecule has 1 amide bonds. The van der Waals surface area contributed by atoms with Crippen LogP contribution in [0.4, 0.5) is 11.4 Å². The first-order valence-corrected chi connectivity index (χ1v) is 6.23. The topological polar surface area (TPSA) is 46.3 Å². The van der Waals surface area contributed by atoms with Crippen LogP contribution in [0.15, 0.2) is 24.3 Å². The number of carbonyl (C=O) groups is 1. The maximum atomic E-state index is 11.8. The minimum atomic E-state index is 0.121. The molecule has 15 heavy (non-hydrogen) atoms. The summed E-state index contributed by atoms with van der Waals surface area (Å²) in [6.45, 7) is 2.63. The van der Waals surface area contributed by atoms with Crippen molar-refractivity contribution in [1.82, 2.24) is 0 Å². The smallest absolute Gasteiger partial charge is 0.236 e. The lowest BCUT2D eigenvalue weighted by molar-refractivity contribution is -0.116. The summed E-state index contributed by atoms with van der Waals surface area (Å²) < 4.78 is 0. The predicted molar refractivity (Wildman–Crippen MR) is 67.3 cm³/mol. The largest absolute Gasteiger partial charge is 0.399 e. The molecule has 0 aliphatic rings. The first kappa shape index (κ1) is 11.9. The van der Waals surface area contributed by atoms with Crippen molar-refractivity contribution in [3.05, 3.63) is 24.3 Å². The van der Waals surface area contributed by atoms with E-state index in [1.807, 2.05) is 37.4 Å². The molecule has 0 atom stereocenters. The zero-order valence-electron chi connectivity index (χ0n) is 9.06. The van der Waals surface area contributed by atoms with Gasteiger partial charge in [0.1, 0.15) is 0 Å². The molecule has 0 aliphatic heterocycles. The van der Waals surface area contributed by atoms with Crippen molar-refractivity contribution in [2.75, 3.05) is 29.2 Å². The highest BCUT2D eigenvalue weighted by Gasteiger charge is 2.12. The summed E-state index contributed by atoms with van der Waals surface area (Å²) in [7, 11) is 0. The van der Waals surface area contributed by atoms with Crippen LogP contribution in [0.3, 0.4) is 0 Å². The van der Waals surface area contributed by atoms with E-state index in [1.165, 1.54) is 11.8 Å². The summed E-state index contributed by atoms with van der Waals surface area (Å²) in [6.07, 6.45) is 1.92. The Morgan fingerprint density at radius 3 is 2.80 bits per heavy atom. The molecule has 0 radical (unpaired) electrons. The lowest BCUT2D eigenvalue weighted by Crippen LogP contribution is -2.32. The van der Waals surface area contributed by atoms with Crippen LogP contribution in [-0.2, 0) is 4.79 Å². The third kappa shape index (κ3) is 3.16. The number of carbonyl (C=O) groups excluding carboxylic acids is 1. The van der Waals surface area contributed by atoms with Crippen LogP contribution < -0.4 is 10.6 Å². The Labute approximate surface area is 94.6 Å². The zero-order valence-corrected chi connectivity index (χ0v) is 9.88. The van der Waals surface area contributed by atoms with E-state index in [9.17, 15) is 4.79 Å². The monoisotopic (exact) mass is 224 g/mol. The van der Waals surface area contributed by atoms with Crippen molar-refractivity contribution >= 4 is 29.0 Å². The predicted octanol–water partition coefficient (Wildman–Crippen LogP) is 1.98. The number of benzene rings is 1. The second kappa shape index (κ2) is 5.66. The van der Waals surface area contributed by atoms with Gasteiger partial charge in [0, 0.05) is 17.9 Å². The van der Waals surface area contributed by atoms with Crippen molar-refractivity contribution in [3.8, 4) is 0 Å². The van der Waals surface area contributed by atoms with Crippen molar-refractivity contribution in [2.24, 2.45) is 0 Å². The molecule has 0 bridgehead atoms. The second-order valence-corrected chi connectivity index (χ2v) is 4.03. The molecule has 0 aliphatic carbocycles. The molecule has 1 aromatic rings. The number of rotatable bonds is 4. The molecule has 0 fully saturated rings. The summed E-state index contributed by atoms with van der Waals surface area (Å²) in [6, 6.07) is 7.40. The maximum Gasteiger partial charge on any atom is 0.236 e. The molecule has 0 saturated carbocycles. The highest BCUT2D eigenvalue weighted by atomic mass is 32.2. The summed E-state index contributed by atoms with van der Waals surface area (Å²) >= 11 is 1.53. The van der Waals surface area contributed by atoms with E-state index in [1.54, 1.807) is 4.90 Å². The Morgan fingerprint density at radius 1 is 1.53 bits per heavy atom. The zero-order chi connectivity index (χ0) is 11.3. The van der Waals surface area contributed by atoms with Crippen molar-refractivity contribution in [1.29, 1.82) is 0 Å². The van der Waals surface area contributed by atoms with Gasteiger partial charge in [0.05, 0.1) is 5.75 Å². The standard InChI is InChI=1S/C11H16N2OS/c1-3-13(11(14)8-15-2)10-6-4-5-9(12)7-10/h4-7H,3,8,12H2,1-2H3. The van der Waals surface area contributed by atoms with Gasteiger partial charge < -0.3 is 10.6 Å². The molecule has 3 nitrogen and oxygen atoms in total. The van der Waals surface area contributed by atoms with Gasteiger partial charge in [-0.05, 0) is 31.4 Å². The SMILES string of the molecule is CCN(C(=O)CSC)c1cccc(N)c1. The van der Waals surface area contributed by atoms with E-state index in [-0.39, 0.29) is 5.91 Å². The quantitative estimate of drug-likeness (QED) is 0.795. The van der Waals surface area contributed by atoms with Gasteiger partial charge in [-0.15, -0.1) is 0 Å².